The number of benzene rings is 2. The Kier molecular flexibility index (Phi) is 5.88. The van der Waals surface area contributed by atoms with Crippen LogP contribution in [-0.4, -0.2) is 74.0 Å². The van der Waals surface area contributed by atoms with Crippen LogP contribution in [0.25, 0.3) is 0 Å². The maximum Gasteiger partial charge on any atom is 0.257 e. The molecule has 2 aliphatic heterocycles. The smallest absolute Gasteiger partial charge is 0.257 e. The number of ether oxygens (including phenoxy) is 1. The molecule has 2 saturated heterocycles. The monoisotopic (exact) mass is 393 g/mol. The number of amides is 1. The predicted octanol–water partition coefficient (Wildman–Crippen LogP) is 3.07. The van der Waals surface area contributed by atoms with Crippen molar-refractivity contribution in [1.82, 2.24) is 14.7 Å². The third-order valence-electron chi connectivity index (χ3n) is 6.63. The number of hydrogen-bond acceptors (Lipinski definition) is 4. The number of rotatable bonds is 4. The molecule has 0 aromatic heterocycles. The number of piperidine rings is 1. The average Bonchev–Trinajstić information content (AvgIpc) is 2.80. The fourth-order valence-electron chi connectivity index (χ4n) is 4.85. The summed E-state index contributed by atoms with van der Waals surface area (Å²) < 4.78 is 5.39. The minimum atomic E-state index is 0.0687. The average molecular weight is 394 g/mol. The van der Waals surface area contributed by atoms with Gasteiger partial charge >= 0.3 is 0 Å². The van der Waals surface area contributed by atoms with E-state index in [1.807, 2.05) is 29.2 Å². The molecule has 4 rings (SSSR count). The van der Waals surface area contributed by atoms with Crippen molar-refractivity contribution < 1.29 is 9.53 Å². The molecule has 0 saturated carbocycles. The number of para-hydroxylation sites is 1. The van der Waals surface area contributed by atoms with Crippen molar-refractivity contribution >= 4 is 5.91 Å². The number of carbonyl (C=O) groups excluding carboxylic acids is 1. The molecule has 1 amide bonds. The Morgan fingerprint density at radius 3 is 2.14 bits per heavy atom. The Morgan fingerprint density at radius 2 is 1.48 bits per heavy atom. The zero-order valence-corrected chi connectivity index (χ0v) is 17.5. The van der Waals surface area contributed by atoms with Crippen LogP contribution in [0.1, 0.15) is 28.8 Å². The molecule has 0 unspecified atom stereocenters. The van der Waals surface area contributed by atoms with E-state index in [2.05, 4.69) is 47.2 Å². The van der Waals surface area contributed by atoms with Crippen LogP contribution in [0.15, 0.2) is 54.6 Å². The second-order valence-electron chi connectivity index (χ2n) is 8.18. The Bertz CT molecular complexity index is 823. The van der Waals surface area contributed by atoms with Gasteiger partial charge in [0.05, 0.1) is 12.7 Å². The summed E-state index contributed by atoms with van der Waals surface area (Å²) in [5.74, 6) is 0.718. The molecule has 2 aromatic rings. The van der Waals surface area contributed by atoms with Crippen molar-refractivity contribution in [3.63, 3.8) is 0 Å². The molecule has 0 aliphatic carbocycles. The molecule has 0 N–H and O–H groups in total. The standard InChI is InChI=1S/C24H31N3O2/c1-25-14-12-24(13-15-25,20-8-4-3-5-9-20)27-18-16-26(17-19-27)23(28)21-10-6-7-11-22(21)29-2/h3-11H,12-19H2,1-2H3. The number of likely N-dealkylation sites (tertiary alicyclic amines) is 1. The van der Waals surface area contributed by atoms with E-state index in [-0.39, 0.29) is 11.4 Å². The maximum absolute atomic E-state index is 13.1. The molecular weight excluding hydrogens is 362 g/mol. The first-order chi connectivity index (χ1) is 14.1. The zero-order chi connectivity index (χ0) is 20.3. The molecule has 29 heavy (non-hydrogen) atoms. The lowest BCUT2D eigenvalue weighted by Gasteiger charge is -2.51. The summed E-state index contributed by atoms with van der Waals surface area (Å²) in [6, 6.07) is 18.5. The summed E-state index contributed by atoms with van der Waals surface area (Å²) in [6.07, 6.45) is 2.27. The molecule has 0 radical (unpaired) electrons. The first-order valence-corrected chi connectivity index (χ1v) is 10.6. The fraction of sp³-hybridized carbons (Fsp3) is 0.458. The highest BCUT2D eigenvalue weighted by atomic mass is 16.5. The van der Waals surface area contributed by atoms with Crippen molar-refractivity contribution in [3.05, 3.63) is 65.7 Å². The minimum absolute atomic E-state index is 0.0687. The summed E-state index contributed by atoms with van der Waals surface area (Å²) in [6.45, 7) is 5.52. The van der Waals surface area contributed by atoms with Crippen molar-refractivity contribution in [1.29, 1.82) is 0 Å². The predicted molar refractivity (Wildman–Crippen MR) is 115 cm³/mol. The normalized spacial score (nSPS) is 20.4. The second kappa shape index (κ2) is 8.56. The Morgan fingerprint density at radius 1 is 0.862 bits per heavy atom. The van der Waals surface area contributed by atoms with Gasteiger partial charge in [-0.25, -0.2) is 0 Å². The summed E-state index contributed by atoms with van der Waals surface area (Å²) >= 11 is 0. The molecule has 2 heterocycles. The first kappa shape index (κ1) is 19.9. The molecule has 0 bridgehead atoms. The van der Waals surface area contributed by atoms with Crippen LogP contribution in [0, 0.1) is 0 Å². The van der Waals surface area contributed by atoms with Crippen molar-refractivity contribution in [2.45, 2.75) is 18.4 Å². The van der Waals surface area contributed by atoms with E-state index in [0.717, 1.165) is 52.1 Å². The van der Waals surface area contributed by atoms with E-state index in [0.29, 0.717) is 11.3 Å². The number of carbonyl (C=O) groups is 1. The third kappa shape index (κ3) is 3.89. The van der Waals surface area contributed by atoms with Crippen molar-refractivity contribution in [3.8, 4) is 5.75 Å². The zero-order valence-electron chi connectivity index (χ0n) is 17.5. The molecule has 0 spiro atoms. The van der Waals surface area contributed by atoms with Crippen LogP contribution in [0.3, 0.4) is 0 Å². The van der Waals surface area contributed by atoms with Crippen LogP contribution in [0.4, 0.5) is 0 Å². The topological polar surface area (TPSA) is 36.0 Å². The van der Waals surface area contributed by atoms with Gasteiger partial charge in [-0.1, -0.05) is 42.5 Å². The van der Waals surface area contributed by atoms with Gasteiger partial charge in [0, 0.05) is 31.7 Å². The van der Waals surface area contributed by atoms with Crippen molar-refractivity contribution in [2.75, 3.05) is 53.4 Å². The van der Waals surface area contributed by atoms with Gasteiger partial charge in [0.2, 0.25) is 0 Å². The van der Waals surface area contributed by atoms with E-state index in [1.165, 1.54) is 5.56 Å². The number of methoxy groups -OCH3 is 1. The lowest BCUT2D eigenvalue weighted by Crippen LogP contribution is -2.59. The van der Waals surface area contributed by atoms with E-state index in [4.69, 9.17) is 4.74 Å². The van der Waals surface area contributed by atoms with Gasteiger partial charge in [-0.3, -0.25) is 9.69 Å². The van der Waals surface area contributed by atoms with E-state index < -0.39 is 0 Å². The molecule has 2 aliphatic rings. The highest BCUT2D eigenvalue weighted by molar-refractivity contribution is 5.97. The van der Waals surface area contributed by atoms with Crippen molar-refractivity contribution in [2.24, 2.45) is 0 Å². The summed E-state index contributed by atoms with van der Waals surface area (Å²) in [7, 11) is 3.83. The lowest BCUT2D eigenvalue weighted by atomic mass is 9.79. The van der Waals surface area contributed by atoms with Gasteiger partial charge in [-0.15, -0.1) is 0 Å². The van der Waals surface area contributed by atoms with Gasteiger partial charge in [-0.2, -0.15) is 0 Å². The number of piperazine rings is 1. The molecular formula is C24H31N3O2. The van der Waals surface area contributed by atoms with Crippen LogP contribution in [-0.2, 0) is 5.54 Å². The SMILES string of the molecule is COc1ccccc1C(=O)N1CCN(C2(c3ccccc3)CCN(C)CC2)CC1. The summed E-state index contributed by atoms with van der Waals surface area (Å²) in [5.41, 5.74) is 2.14. The summed E-state index contributed by atoms with van der Waals surface area (Å²) in [4.78, 5) is 20.1. The van der Waals surface area contributed by atoms with E-state index in [1.54, 1.807) is 7.11 Å². The highest BCUT2D eigenvalue weighted by Crippen LogP contribution is 2.39. The van der Waals surface area contributed by atoms with Crippen LogP contribution >= 0.6 is 0 Å². The largest absolute Gasteiger partial charge is 0.496 e. The molecule has 154 valence electrons. The number of nitrogens with zero attached hydrogens (tertiary/aromatic N) is 3. The van der Waals surface area contributed by atoms with Crippen LogP contribution in [0.5, 0.6) is 5.75 Å². The van der Waals surface area contributed by atoms with E-state index in [9.17, 15) is 4.79 Å². The molecule has 0 atom stereocenters. The first-order valence-electron chi connectivity index (χ1n) is 10.6. The van der Waals surface area contributed by atoms with Gasteiger partial charge < -0.3 is 14.5 Å². The number of hydrogen-bond donors (Lipinski definition) is 0. The van der Waals surface area contributed by atoms with Crippen LogP contribution < -0.4 is 4.74 Å². The fourth-order valence-corrected chi connectivity index (χ4v) is 4.85. The quantitative estimate of drug-likeness (QED) is 0.800. The van der Waals surface area contributed by atoms with Gasteiger partial charge in [-0.05, 0) is 50.7 Å². The Balaban J connectivity index is 1.51. The molecule has 2 fully saturated rings. The Hall–Kier alpha value is -2.37. The van der Waals surface area contributed by atoms with Gasteiger partial charge in [0.1, 0.15) is 5.75 Å². The molecule has 2 aromatic carbocycles. The van der Waals surface area contributed by atoms with Crippen LogP contribution in [0.2, 0.25) is 0 Å². The van der Waals surface area contributed by atoms with E-state index >= 15 is 0 Å². The molecule has 5 heteroatoms. The second-order valence-corrected chi connectivity index (χ2v) is 8.18. The molecule has 5 nitrogen and oxygen atoms in total. The van der Waals surface area contributed by atoms with Gasteiger partial charge in [0.15, 0.2) is 0 Å². The minimum Gasteiger partial charge on any atom is -0.496 e. The van der Waals surface area contributed by atoms with Gasteiger partial charge in [0.25, 0.3) is 5.91 Å². The highest BCUT2D eigenvalue weighted by Gasteiger charge is 2.42. The lowest BCUT2D eigenvalue weighted by molar-refractivity contribution is -0.00758. The third-order valence-corrected chi connectivity index (χ3v) is 6.63. The summed E-state index contributed by atoms with van der Waals surface area (Å²) in [5, 5.41) is 0. The Labute approximate surface area is 173 Å². The maximum atomic E-state index is 13.1.